The van der Waals surface area contributed by atoms with Gasteiger partial charge in [0.05, 0.1) is 20.6 Å². The average Bonchev–Trinajstić information content (AvgIpc) is 3.00. The number of amides is 2. The molecule has 47 heavy (non-hydrogen) atoms. The quantitative estimate of drug-likeness (QED) is 0.175. The van der Waals surface area contributed by atoms with Crippen LogP contribution in [0.2, 0.25) is 10.0 Å². The largest absolute Gasteiger partial charge is 0.350 e. The van der Waals surface area contributed by atoms with Gasteiger partial charge in [-0.15, -0.1) is 0 Å². The predicted molar refractivity (Wildman–Crippen MR) is 190 cm³/mol. The summed E-state index contributed by atoms with van der Waals surface area (Å²) in [5.74, 6) is -0.924. The number of carbonyl (C=O) groups is 2. The van der Waals surface area contributed by atoms with Crippen LogP contribution >= 0.6 is 23.2 Å². The zero-order valence-corrected chi connectivity index (χ0v) is 29.9. The van der Waals surface area contributed by atoms with Crippen molar-refractivity contribution in [3.63, 3.8) is 0 Å². The fourth-order valence-electron chi connectivity index (χ4n) is 5.20. The zero-order valence-electron chi connectivity index (χ0n) is 27.6. The molecule has 4 aromatic carbocycles. The molecule has 0 aliphatic carbocycles. The van der Waals surface area contributed by atoms with Crippen LogP contribution in [-0.2, 0) is 32.6 Å². The van der Waals surface area contributed by atoms with Gasteiger partial charge in [-0.25, -0.2) is 8.42 Å². The Hall–Kier alpha value is -3.85. The van der Waals surface area contributed by atoms with Gasteiger partial charge in [0, 0.05) is 18.5 Å². The number of nitrogens with one attached hydrogen (secondary N) is 1. The van der Waals surface area contributed by atoms with E-state index in [-0.39, 0.29) is 23.8 Å². The van der Waals surface area contributed by atoms with Gasteiger partial charge in [-0.3, -0.25) is 13.9 Å². The second kappa shape index (κ2) is 14.9. The minimum absolute atomic E-state index is 0.0179. The predicted octanol–water partition coefficient (Wildman–Crippen LogP) is 7.67. The summed E-state index contributed by atoms with van der Waals surface area (Å²) in [7, 11) is -4.21. The summed E-state index contributed by atoms with van der Waals surface area (Å²) in [5.41, 5.74) is 3.76. The maximum atomic E-state index is 14.7. The SMILES string of the molecule is Cc1ccc(S(=O)(=O)N(CC(=O)N(Cc2ccc(Cl)c(Cl)c2)C(Cc2ccccc2)C(=O)NC(C)(C)C)c2cccc(C)c2C)cc1. The highest BCUT2D eigenvalue weighted by Crippen LogP contribution is 2.30. The highest BCUT2D eigenvalue weighted by Gasteiger charge is 2.36. The molecule has 1 N–H and O–H groups in total. The minimum atomic E-state index is -4.21. The molecule has 0 fully saturated rings. The standard InChI is InChI=1S/C37H41Cl2N3O4S/c1-25-15-18-30(19-16-25)47(45,46)42(33-14-10-11-26(2)27(33)3)24-35(43)41(23-29-17-20-31(38)32(39)21-29)34(36(44)40-37(4,5)6)22-28-12-8-7-9-13-28/h7-21,34H,22-24H2,1-6H3,(H,40,44). The van der Waals surface area contributed by atoms with Crippen LogP contribution in [0.4, 0.5) is 5.69 Å². The van der Waals surface area contributed by atoms with Gasteiger partial charge in [-0.05, 0) is 94.1 Å². The van der Waals surface area contributed by atoms with Crippen LogP contribution in [0, 0.1) is 20.8 Å². The molecule has 1 unspecified atom stereocenters. The molecule has 0 heterocycles. The third-order valence-electron chi connectivity index (χ3n) is 7.84. The van der Waals surface area contributed by atoms with Gasteiger partial charge in [0.25, 0.3) is 10.0 Å². The van der Waals surface area contributed by atoms with Crippen molar-refractivity contribution in [1.29, 1.82) is 0 Å². The molecular formula is C37H41Cl2N3O4S. The van der Waals surface area contributed by atoms with Crippen molar-refractivity contribution < 1.29 is 18.0 Å². The maximum absolute atomic E-state index is 14.7. The Morgan fingerprint density at radius 2 is 1.47 bits per heavy atom. The molecule has 0 aliphatic heterocycles. The van der Waals surface area contributed by atoms with Crippen LogP contribution < -0.4 is 9.62 Å². The van der Waals surface area contributed by atoms with Crippen LogP contribution in [0.5, 0.6) is 0 Å². The van der Waals surface area contributed by atoms with Crippen LogP contribution in [0.1, 0.15) is 48.6 Å². The van der Waals surface area contributed by atoms with E-state index in [9.17, 15) is 18.0 Å². The van der Waals surface area contributed by atoms with E-state index in [0.29, 0.717) is 21.3 Å². The van der Waals surface area contributed by atoms with E-state index in [0.717, 1.165) is 26.6 Å². The number of hydrogen-bond donors (Lipinski definition) is 1. The van der Waals surface area contributed by atoms with E-state index in [2.05, 4.69) is 5.32 Å². The minimum Gasteiger partial charge on any atom is -0.350 e. The average molecular weight is 695 g/mol. The van der Waals surface area contributed by atoms with Crippen molar-refractivity contribution in [1.82, 2.24) is 10.2 Å². The Bertz CT molecular complexity index is 1840. The molecule has 4 aromatic rings. The number of hydrogen-bond acceptors (Lipinski definition) is 4. The number of halogens is 2. The maximum Gasteiger partial charge on any atom is 0.264 e. The Kier molecular flexibility index (Phi) is 11.4. The molecule has 0 saturated carbocycles. The van der Waals surface area contributed by atoms with Crippen LogP contribution in [0.3, 0.4) is 0 Å². The zero-order chi connectivity index (χ0) is 34.5. The van der Waals surface area contributed by atoms with Crippen LogP contribution in [0.25, 0.3) is 0 Å². The van der Waals surface area contributed by atoms with Gasteiger partial charge < -0.3 is 10.2 Å². The molecule has 7 nitrogen and oxygen atoms in total. The van der Waals surface area contributed by atoms with E-state index in [1.54, 1.807) is 42.5 Å². The molecule has 0 bridgehead atoms. The van der Waals surface area contributed by atoms with Crippen molar-refractivity contribution in [2.24, 2.45) is 0 Å². The number of rotatable bonds is 11. The van der Waals surface area contributed by atoms with Gasteiger partial charge in [-0.2, -0.15) is 0 Å². The Morgan fingerprint density at radius 1 is 0.809 bits per heavy atom. The second-order valence-electron chi connectivity index (χ2n) is 12.8. The van der Waals surface area contributed by atoms with Crippen molar-refractivity contribution in [3.05, 3.63) is 129 Å². The van der Waals surface area contributed by atoms with Gasteiger partial charge in [0.1, 0.15) is 12.6 Å². The number of anilines is 1. The van der Waals surface area contributed by atoms with E-state index >= 15 is 0 Å². The summed E-state index contributed by atoms with van der Waals surface area (Å²) in [5, 5.41) is 3.68. The van der Waals surface area contributed by atoms with Crippen molar-refractivity contribution in [3.8, 4) is 0 Å². The molecule has 0 aliphatic rings. The van der Waals surface area contributed by atoms with Gasteiger partial charge in [-0.1, -0.05) is 89.4 Å². The van der Waals surface area contributed by atoms with Crippen LogP contribution in [-0.4, -0.2) is 43.3 Å². The highest BCUT2D eigenvalue weighted by molar-refractivity contribution is 7.92. The highest BCUT2D eigenvalue weighted by atomic mass is 35.5. The summed E-state index contributed by atoms with van der Waals surface area (Å²) in [6.07, 6.45) is 0.198. The Morgan fingerprint density at radius 3 is 2.09 bits per heavy atom. The first-order valence-electron chi connectivity index (χ1n) is 15.3. The summed E-state index contributed by atoms with van der Waals surface area (Å²) in [6, 6.07) is 25.3. The fraction of sp³-hybridized carbons (Fsp3) is 0.297. The number of carbonyl (C=O) groups excluding carboxylic acids is 2. The fourth-order valence-corrected chi connectivity index (χ4v) is 6.99. The van der Waals surface area contributed by atoms with Gasteiger partial charge in [0.15, 0.2) is 0 Å². The lowest BCUT2D eigenvalue weighted by Gasteiger charge is -2.35. The molecule has 0 saturated heterocycles. The molecule has 0 radical (unpaired) electrons. The van der Waals surface area contributed by atoms with E-state index in [1.807, 2.05) is 77.9 Å². The van der Waals surface area contributed by atoms with Gasteiger partial charge >= 0.3 is 0 Å². The summed E-state index contributed by atoms with van der Waals surface area (Å²) in [6.45, 7) is 10.6. The molecular weight excluding hydrogens is 653 g/mol. The Labute approximate surface area is 288 Å². The normalized spacial score (nSPS) is 12.3. The van der Waals surface area contributed by atoms with E-state index in [1.165, 1.54) is 17.0 Å². The third kappa shape index (κ3) is 9.15. The number of nitrogens with zero attached hydrogens (tertiary/aromatic N) is 2. The third-order valence-corrected chi connectivity index (χ3v) is 10.4. The molecule has 10 heteroatoms. The second-order valence-corrected chi connectivity index (χ2v) is 15.4. The molecule has 1 atom stereocenters. The van der Waals surface area contributed by atoms with E-state index in [4.69, 9.17) is 23.2 Å². The van der Waals surface area contributed by atoms with Crippen molar-refractivity contribution in [2.45, 2.75) is 71.0 Å². The number of aryl methyl sites for hydroxylation is 2. The first-order chi connectivity index (χ1) is 22.1. The lowest BCUT2D eigenvalue weighted by molar-refractivity contribution is -0.140. The molecule has 2 amide bonds. The monoisotopic (exact) mass is 693 g/mol. The van der Waals surface area contributed by atoms with Crippen molar-refractivity contribution >= 4 is 50.7 Å². The van der Waals surface area contributed by atoms with Crippen molar-refractivity contribution in [2.75, 3.05) is 10.8 Å². The van der Waals surface area contributed by atoms with Gasteiger partial charge in [0.2, 0.25) is 11.8 Å². The van der Waals surface area contributed by atoms with Crippen LogP contribution in [0.15, 0.2) is 95.9 Å². The lowest BCUT2D eigenvalue weighted by atomic mass is 10.0. The topological polar surface area (TPSA) is 86.8 Å². The smallest absolute Gasteiger partial charge is 0.264 e. The molecule has 4 rings (SSSR count). The molecule has 248 valence electrons. The Balaban J connectivity index is 1.86. The molecule has 0 aromatic heterocycles. The number of sulfonamides is 1. The molecule has 0 spiro atoms. The summed E-state index contributed by atoms with van der Waals surface area (Å²) < 4.78 is 29.8. The van der Waals surface area contributed by atoms with E-state index < -0.39 is 34.1 Å². The first kappa shape index (κ1) is 36.0. The summed E-state index contributed by atoms with van der Waals surface area (Å²) in [4.78, 5) is 30.2. The number of benzene rings is 4. The lowest BCUT2D eigenvalue weighted by Crippen LogP contribution is -2.56. The first-order valence-corrected chi connectivity index (χ1v) is 17.5. The summed E-state index contributed by atoms with van der Waals surface area (Å²) >= 11 is 12.6.